The molecule has 2 heterocycles. The molecule has 5 heteroatoms. The van der Waals surface area contributed by atoms with E-state index in [4.69, 9.17) is 0 Å². The third kappa shape index (κ3) is 6.12. The number of para-hydroxylation sites is 1. The predicted molar refractivity (Wildman–Crippen MR) is 98.0 cm³/mol. The molecule has 3 rings (SSSR count). The van der Waals surface area contributed by atoms with E-state index in [-0.39, 0.29) is 24.6 Å². The summed E-state index contributed by atoms with van der Waals surface area (Å²) >= 11 is 0. The zero-order valence-corrected chi connectivity index (χ0v) is 13.8. The molecule has 0 bridgehead atoms. The van der Waals surface area contributed by atoms with Crippen molar-refractivity contribution in [2.24, 2.45) is 0 Å². The van der Waals surface area contributed by atoms with Crippen molar-refractivity contribution in [1.29, 1.82) is 0 Å². The first kappa shape index (κ1) is 20.7. The van der Waals surface area contributed by atoms with Crippen molar-refractivity contribution < 1.29 is 9.18 Å². The van der Waals surface area contributed by atoms with Gasteiger partial charge in [-0.3, -0.25) is 4.79 Å². The van der Waals surface area contributed by atoms with Crippen LogP contribution in [0.5, 0.6) is 0 Å². The largest absolute Gasteiger partial charge is 0.324 e. The SMILES string of the molecule is C=CF.C=CN1CCCC1=O.C=Cn1ccc2ccccc21.Cl. The molecule has 1 saturated heterocycles. The number of carbonyl (C=O) groups is 1. The van der Waals surface area contributed by atoms with Gasteiger partial charge in [0.05, 0.1) is 11.8 Å². The van der Waals surface area contributed by atoms with Crippen LogP contribution in [0.25, 0.3) is 17.1 Å². The maximum Gasteiger partial charge on any atom is 0.226 e. The number of hydrogen-bond acceptors (Lipinski definition) is 1. The average molecular weight is 337 g/mol. The maximum absolute atomic E-state index is 10.7. The van der Waals surface area contributed by atoms with E-state index in [1.165, 1.54) is 10.9 Å². The fourth-order valence-corrected chi connectivity index (χ4v) is 2.13. The van der Waals surface area contributed by atoms with E-state index in [0.717, 1.165) is 13.0 Å². The Morgan fingerprint density at radius 2 is 1.74 bits per heavy atom. The molecular formula is C18H22ClFN2O. The third-order valence-corrected chi connectivity index (χ3v) is 3.16. The number of carbonyl (C=O) groups excluding carboxylic acids is 1. The van der Waals surface area contributed by atoms with Crippen molar-refractivity contribution in [1.82, 2.24) is 9.47 Å². The summed E-state index contributed by atoms with van der Waals surface area (Å²) in [5.41, 5.74) is 1.21. The second-order valence-corrected chi connectivity index (χ2v) is 4.49. The molecule has 124 valence electrons. The van der Waals surface area contributed by atoms with Gasteiger partial charge in [0.25, 0.3) is 0 Å². The molecule has 23 heavy (non-hydrogen) atoms. The van der Waals surface area contributed by atoms with Gasteiger partial charge in [-0.05, 0) is 30.1 Å². The molecule has 0 N–H and O–H groups in total. The molecule has 1 aliphatic heterocycles. The first-order valence-corrected chi connectivity index (χ1v) is 6.99. The van der Waals surface area contributed by atoms with Crippen LogP contribution in [0.4, 0.5) is 4.39 Å². The topological polar surface area (TPSA) is 25.2 Å². The first-order valence-electron chi connectivity index (χ1n) is 6.99. The minimum absolute atomic E-state index is 0. The van der Waals surface area contributed by atoms with Gasteiger partial charge < -0.3 is 9.47 Å². The smallest absolute Gasteiger partial charge is 0.226 e. The third-order valence-electron chi connectivity index (χ3n) is 3.16. The monoisotopic (exact) mass is 336 g/mol. The van der Waals surface area contributed by atoms with Gasteiger partial charge in [0.1, 0.15) is 0 Å². The van der Waals surface area contributed by atoms with Crippen LogP contribution in [0.15, 0.2) is 68.8 Å². The van der Waals surface area contributed by atoms with Gasteiger partial charge in [-0.2, -0.15) is 0 Å². The van der Waals surface area contributed by atoms with E-state index in [2.05, 4.69) is 37.9 Å². The van der Waals surface area contributed by atoms with Crippen molar-refractivity contribution in [3.05, 3.63) is 68.8 Å². The molecule has 0 aliphatic carbocycles. The number of benzene rings is 1. The lowest BCUT2D eigenvalue weighted by Crippen LogP contribution is -2.16. The normalized spacial score (nSPS) is 12.2. The highest BCUT2D eigenvalue weighted by molar-refractivity contribution is 5.85. The van der Waals surface area contributed by atoms with Gasteiger partial charge in [-0.15, -0.1) is 12.4 Å². The quantitative estimate of drug-likeness (QED) is 0.756. The molecule has 1 fully saturated rings. The Morgan fingerprint density at radius 3 is 2.22 bits per heavy atom. The van der Waals surface area contributed by atoms with Crippen LogP contribution in [0, 0.1) is 0 Å². The fraction of sp³-hybridized carbons (Fsp3) is 0.167. The van der Waals surface area contributed by atoms with Gasteiger partial charge in [0.2, 0.25) is 5.91 Å². The Labute approximate surface area is 142 Å². The zero-order valence-electron chi connectivity index (χ0n) is 13.0. The molecule has 0 spiro atoms. The summed E-state index contributed by atoms with van der Waals surface area (Å²) in [7, 11) is 0. The van der Waals surface area contributed by atoms with Crippen LogP contribution in [-0.2, 0) is 4.79 Å². The summed E-state index contributed by atoms with van der Waals surface area (Å²) in [6.45, 7) is 10.8. The molecule has 1 aromatic heterocycles. The molecule has 0 unspecified atom stereocenters. The number of fused-ring (bicyclic) bond motifs is 1. The van der Waals surface area contributed by atoms with Crippen LogP contribution < -0.4 is 0 Å². The highest BCUT2D eigenvalue weighted by atomic mass is 35.5. The van der Waals surface area contributed by atoms with Crippen molar-refractivity contribution >= 4 is 35.4 Å². The Morgan fingerprint density at radius 1 is 1.09 bits per heavy atom. The molecule has 0 saturated carbocycles. The lowest BCUT2D eigenvalue weighted by Gasteiger charge is -2.05. The number of likely N-dealkylation sites (tertiary alicyclic amines) is 1. The lowest BCUT2D eigenvalue weighted by atomic mass is 10.2. The number of halogens is 2. The van der Waals surface area contributed by atoms with Crippen LogP contribution in [0.1, 0.15) is 12.8 Å². The minimum atomic E-state index is 0. The van der Waals surface area contributed by atoms with Crippen molar-refractivity contribution in [3.8, 4) is 0 Å². The van der Waals surface area contributed by atoms with Crippen molar-refractivity contribution in [2.75, 3.05) is 6.54 Å². The molecule has 0 atom stereocenters. The number of rotatable bonds is 2. The standard InChI is InChI=1S/C10H9N.C6H9NO.C2H3F.ClH/c1-2-11-8-7-9-5-3-4-6-10(9)11;1-2-7-5-3-4-6(7)8;1-2-3;/h2-8H,1H2;2H,1,3-5H2;2H,1H2;1H. The predicted octanol–water partition coefficient (Wildman–Crippen LogP) is 5.02. The molecular weight excluding hydrogens is 315 g/mol. The fourth-order valence-electron chi connectivity index (χ4n) is 2.13. The van der Waals surface area contributed by atoms with E-state index in [1.54, 1.807) is 11.1 Å². The maximum atomic E-state index is 10.7. The van der Waals surface area contributed by atoms with Crippen LogP contribution >= 0.6 is 12.4 Å². The minimum Gasteiger partial charge on any atom is -0.324 e. The van der Waals surface area contributed by atoms with Crippen molar-refractivity contribution in [3.63, 3.8) is 0 Å². The average Bonchev–Trinajstić information content (AvgIpc) is 3.14. The molecule has 1 aliphatic rings. The first-order chi connectivity index (χ1) is 10.7. The number of amides is 1. The summed E-state index contributed by atoms with van der Waals surface area (Å²) in [6, 6.07) is 10.3. The highest BCUT2D eigenvalue weighted by Gasteiger charge is 2.15. The Hall–Kier alpha value is -2.33. The van der Waals surface area contributed by atoms with Gasteiger partial charge in [-0.1, -0.05) is 37.9 Å². The van der Waals surface area contributed by atoms with E-state index < -0.39 is 0 Å². The van der Waals surface area contributed by atoms with Gasteiger partial charge >= 0.3 is 0 Å². The Bertz CT molecular complexity index is 651. The van der Waals surface area contributed by atoms with Gasteiger partial charge in [0, 0.05) is 25.4 Å². The van der Waals surface area contributed by atoms with Crippen LogP contribution in [0.3, 0.4) is 0 Å². The summed E-state index contributed by atoms with van der Waals surface area (Å²) in [5, 5.41) is 1.26. The van der Waals surface area contributed by atoms with Gasteiger partial charge in [-0.25, -0.2) is 4.39 Å². The van der Waals surface area contributed by atoms with E-state index in [9.17, 15) is 9.18 Å². The lowest BCUT2D eigenvalue weighted by molar-refractivity contribution is -0.125. The molecule has 2 aromatic rings. The number of aromatic nitrogens is 1. The summed E-state index contributed by atoms with van der Waals surface area (Å²) < 4.78 is 12.1. The van der Waals surface area contributed by atoms with Crippen molar-refractivity contribution in [2.45, 2.75) is 12.8 Å². The molecule has 3 nitrogen and oxygen atoms in total. The van der Waals surface area contributed by atoms with Crippen LogP contribution in [0.2, 0.25) is 0 Å². The second kappa shape index (κ2) is 11.3. The summed E-state index contributed by atoms with van der Waals surface area (Å²) in [5.74, 6) is 0.208. The Balaban J connectivity index is 0.000000359. The highest BCUT2D eigenvalue weighted by Crippen LogP contribution is 2.14. The summed E-state index contributed by atoms with van der Waals surface area (Å²) in [4.78, 5) is 12.3. The molecule has 1 aromatic carbocycles. The zero-order chi connectivity index (χ0) is 16.4. The van der Waals surface area contributed by atoms with E-state index in [0.29, 0.717) is 6.42 Å². The number of hydrogen-bond donors (Lipinski definition) is 0. The van der Waals surface area contributed by atoms with Gasteiger partial charge in [0.15, 0.2) is 0 Å². The number of nitrogens with zero attached hydrogens (tertiary/aromatic N) is 2. The Kier molecular flexibility index (Phi) is 10.1. The van der Waals surface area contributed by atoms with E-state index in [1.807, 2.05) is 29.1 Å². The van der Waals surface area contributed by atoms with E-state index >= 15 is 0 Å². The second-order valence-electron chi connectivity index (χ2n) is 4.49. The molecule has 1 amide bonds. The summed E-state index contributed by atoms with van der Waals surface area (Å²) in [6.07, 6.45) is 7.35. The van der Waals surface area contributed by atoms with Crippen LogP contribution in [-0.4, -0.2) is 21.9 Å². The molecule has 0 radical (unpaired) electrons.